The molecule has 4 heterocycles. The zero-order chi connectivity index (χ0) is 50.5. The number of rotatable bonds is 20. The number of carboxylic acid groups (broad SMARTS) is 2. The zero-order valence-corrected chi connectivity index (χ0v) is 35.6. The van der Waals surface area contributed by atoms with Gasteiger partial charge in [0, 0.05) is 26.7 Å². The van der Waals surface area contributed by atoms with Gasteiger partial charge < -0.3 is 131 Å². The minimum Gasteiger partial charge on any atom is -0.477 e. The molecule has 4 fully saturated rings. The van der Waals surface area contributed by atoms with Crippen LogP contribution in [-0.4, -0.2) is 278 Å². The number of hydrogen-bond acceptors (Lipinski definition) is 26. The summed E-state index contributed by atoms with van der Waals surface area (Å²) >= 11 is 0. The van der Waals surface area contributed by atoms with Crippen molar-refractivity contribution < 1.29 is 139 Å². The van der Waals surface area contributed by atoms with E-state index in [9.17, 15) is 106 Å². The first-order valence-electron chi connectivity index (χ1n) is 20.5. The van der Waals surface area contributed by atoms with Crippen LogP contribution in [0.3, 0.4) is 0 Å². The molecule has 0 spiro atoms. The van der Waals surface area contributed by atoms with E-state index in [1.807, 2.05) is 5.32 Å². The Hall–Kier alpha value is -3.49. The minimum absolute atomic E-state index is 0.830. The van der Waals surface area contributed by atoms with Gasteiger partial charge in [0.15, 0.2) is 12.6 Å². The summed E-state index contributed by atoms with van der Waals surface area (Å²) in [6, 6.07) is -5.39. The highest BCUT2D eigenvalue weighted by Gasteiger charge is 2.61. The van der Waals surface area contributed by atoms with E-state index in [0.29, 0.717) is 0 Å². The van der Waals surface area contributed by atoms with Crippen molar-refractivity contribution >= 4 is 29.7 Å². The van der Waals surface area contributed by atoms with Crippen molar-refractivity contribution in [3.8, 4) is 0 Å². The van der Waals surface area contributed by atoms with E-state index in [-0.39, 0.29) is 0 Å². The van der Waals surface area contributed by atoms with Crippen molar-refractivity contribution in [1.82, 2.24) is 16.0 Å². The van der Waals surface area contributed by atoms with Crippen LogP contribution in [0.4, 0.5) is 0 Å². The topological polar surface area (TPSA) is 510 Å². The molecule has 0 unspecified atom stereocenters. The Kier molecular flexibility index (Phi) is 19.6. The lowest BCUT2D eigenvalue weighted by molar-refractivity contribution is -0.356. The molecular formula is C36H59N3O28. The minimum atomic E-state index is -3.27. The van der Waals surface area contributed by atoms with Gasteiger partial charge in [-0.15, -0.1) is 0 Å². The molecule has 4 aliphatic heterocycles. The largest absolute Gasteiger partial charge is 0.477 e. The van der Waals surface area contributed by atoms with Gasteiger partial charge in [0.1, 0.15) is 92.0 Å². The first-order valence-corrected chi connectivity index (χ1v) is 20.5. The van der Waals surface area contributed by atoms with E-state index >= 15 is 0 Å². The molecule has 0 bridgehead atoms. The normalized spacial score (nSPS) is 41.0. The van der Waals surface area contributed by atoms with Crippen LogP contribution >= 0.6 is 0 Å². The number of carbonyl (C=O) groups excluding carboxylic acids is 3. The Morgan fingerprint density at radius 1 is 0.657 bits per heavy atom. The number of aliphatic carboxylic acids is 2. The van der Waals surface area contributed by atoms with Crippen molar-refractivity contribution in [2.75, 3.05) is 33.0 Å². The maximum Gasteiger partial charge on any atom is 0.364 e. The van der Waals surface area contributed by atoms with Crippen molar-refractivity contribution in [2.24, 2.45) is 0 Å². The van der Waals surface area contributed by atoms with Gasteiger partial charge in [0.05, 0.1) is 50.7 Å². The monoisotopic (exact) mass is 981 g/mol. The van der Waals surface area contributed by atoms with Gasteiger partial charge in [0.2, 0.25) is 17.7 Å². The number of ether oxygens (including phenoxy) is 7. The smallest absolute Gasteiger partial charge is 0.364 e. The molecule has 4 rings (SSSR count). The lowest BCUT2D eigenvalue weighted by Crippen LogP contribution is -2.71. The van der Waals surface area contributed by atoms with E-state index in [2.05, 4.69) is 10.6 Å². The Morgan fingerprint density at radius 2 is 1.19 bits per heavy atom. The van der Waals surface area contributed by atoms with Gasteiger partial charge in [-0.05, 0) is 0 Å². The lowest BCUT2D eigenvalue weighted by Gasteiger charge is -2.50. The third kappa shape index (κ3) is 12.5. The maximum atomic E-state index is 13.1. The molecule has 19 N–H and O–H groups in total. The predicted octanol–water partition coefficient (Wildman–Crippen LogP) is -11.9. The molecule has 31 heteroatoms. The third-order valence-electron chi connectivity index (χ3n) is 11.5. The van der Waals surface area contributed by atoms with Gasteiger partial charge in [-0.2, -0.15) is 0 Å². The summed E-state index contributed by atoms with van der Waals surface area (Å²) in [4.78, 5) is 62.4. The van der Waals surface area contributed by atoms with E-state index in [0.717, 1.165) is 13.8 Å². The van der Waals surface area contributed by atoms with Crippen LogP contribution in [0.1, 0.15) is 26.7 Å². The number of carbonyl (C=O) groups is 5. The first-order chi connectivity index (χ1) is 31.3. The fourth-order valence-electron chi connectivity index (χ4n) is 8.04. The summed E-state index contributed by atoms with van der Waals surface area (Å²) in [5, 5.41) is 175. The zero-order valence-electron chi connectivity index (χ0n) is 35.6. The molecule has 4 saturated heterocycles. The van der Waals surface area contributed by atoms with E-state index < -0.39 is 209 Å². The molecule has 3 amide bonds. The summed E-state index contributed by atoms with van der Waals surface area (Å²) in [6.45, 7) is -3.98. The van der Waals surface area contributed by atoms with Gasteiger partial charge in [0.25, 0.3) is 11.6 Å². The molecule has 0 aromatic heterocycles. The van der Waals surface area contributed by atoms with E-state index in [1.165, 1.54) is 0 Å². The highest BCUT2D eigenvalue weighted by molar-refractivity contribution is 5.78. The number of amides is 3. The molecule has 0 aliphatic carbocycles. The molecule has 31 nitrogen and oxygen atoms in total. The summed E-state index contributed by atoms with van der Waals surface area (Å²) < 4.78 is 38.7. The molecular weight excluding hydrogens is 922 g/mol. The Morgan fingerprint density at radius 3 is 1.72 bits per heavy atom. The lowest BCUT2D eigenvalue weighted by atomic mass is 9.87. The second-order valence-electron chi connectivity index (χ2n) is 16.3. The first kappa shape index (κ1) is 56.1. The fourth-order valence-corrected chi connectivity index (χ4v) is 8.04. The molecule has 0 aromatic rings. The van der Waals surface area contributed by atoms with Crippen LogP contribution in [0.15, 0.2) is 0 Å². The Labute approximate surface area is 377 Å². The van der Waals surface area contributed by atoms with Crippen LogP contribution in [0, 0.1) is 0 Å². The molecule has 67 heavy (non-hydrogen) atoms. The van der Waals surface area contributed by atoms with Gasteiger partial charge in [-0.1, -0.05) is 0 Å². The second-order valence-corrected chi connectivity index (χ2v) is 16.3. The summed E-state index contributed by atoms with van der Waals surface area (Å²) in [5.74, 6) is -13.6. The Balaban J connectivity index is 1.67. The summed E-state index contributed by atoms with van der Waals surface area (Å²) in [5.41, 5.74) is 0. The van der Waals surface area contributed by atoms with Crippen LogP contribution < -0.4 is 16.0 Å². The third-order valence-corrected chi connectivity index (χ3v) is 11.5. The second kappa shape index (κ2) is 23.4. The van der Waals surface area contributed by atoms with Crippen LogP contribution in [0.2, 0.25) is 0 Å². The Bertz CT molecular complexity index is 1700. The van der Waals surface area contributed by atoms with Gasteiger partial charge in [-0.25, -0.2) is 9.59 Å². The summed E-state index contributed by atoms with van der Waals surface area (Å²) in [6.07, 6.45) is -38.0. The quantitative estimate of drug-likeness (QED) is 0.0538. The van der Waals surface area contributed by atoms with Crippen molar-refractivity contribution in [1.29, 1.82) is 0 Å². The number of aliphatic hydroxyl groups excluding tert-OH is 14. The van der Waals surface area contributed by atoms with Gasteiger partial charge in [-0.3, -0.25) is 14.4 Å². The average Bonchev–Trinajstić information content (AvgIpc) is 3.27. The molecule has 0 radical (unpaired) electrons. The maximum absolute atomic E-state index is 13.1. The molecule has 4 aliphatic rings. The number of carboxylic acids is 2. The fraction of sp³-hybridized carbons (Fsp3) is 0.861. The molecule has 22 atom stereocenters. The van der Waals surface area contributed by atoms with E-state index in [4.69, 9.17) is 33.2 Å². The summed E-state index contributed by atoms with van der Waals surface area (Å²) in [7, 11) is 0. The highest BCUT2D eigenvalue weighted by atomic mass is 16.8. The van der Waals surface area contributed by atoms with Crippen LogP contribution in [0.5, 0.6) is 0 Å². The number of nitrogens with one attached hydrogen (secondary N) is 3. The number of aliphatic hydroxyl groups is 14. The highest BCUT2D eigenvalue weighted by Crippen LogP contribution is 2.39. The average molecular weight is 982 g/mol. The van der Waals surface area contributed by atoms with Crippen LogP contribution in [0.25, 0.3) is 0 Å². The molecule has 0 saturated carbocycles. The number of hydrogen-bond donors (Lipinski definition) is 19. The van der Waals surface area contributed by atoms with Crippen LogP contribution in [-0.2, 0) is 57.1 Å². The van der Waals surface area contributed by atoms with Crippen molar-refractivity contribution in [2.45, 2.75) is 161 Å². The predicted molar refractivity (Wildman–Crippen MR) is 204 cm³/mol. The van der Waals surface area contributed by atoms with Crippen molar-refractivity contribution in [3.05, 3.63) is 0 Å². The van der Waals surface area contributed by atoms with Crippen molar-refractivity contribution in [3.63, 3.8) is 0 Å². The SMILES string of the molecule is CC(=O)N[C@@H]1[C@@H](O[C@@H]2O[C@H](CO)[C@H](O)[C@H](O)[C@H]2O)[C@@H](O)[C@@H](CO[C@]2(C(=O)O)C[C@H](O)[C@@H](NC(C)=O)[C@H]([C@H](O)[C@@H](CO)O[C@]3(C(=O)O)C[C@H](O)[C@@H](NC(=O)CO)[C@H]([C@H](O)[C@H](O)CO)O3)O2)O[C@@H]1O. The van der Waals surface area contributed by atoms with Gasteiger partial charge >= 0.3 is 11.9 Å². The molecule has 386 valence electrons. The standard InChI is InChI=1S/C36H59N3O28/c1-10(44)37-19-12(46)3-35(33(57)58,61-9-17-25(53)28(21(31(56)62-17)38-11(2)45)64-32-27(55)26(54)23(51)15(6-41)63-32)66-30(19)24(52)16(7-42)65-36(34(59)60)4-13(47)20(39-18(49)8-43)29(67-36)22(50)14(48)5-40/h12-17,19-32,40-43,46-48,50-56H,3-9H2,1-2H3,(H,37,44)(H,38,45)(H,39,49)(H,57,58)(H,59,60)/t12-,13-,14+,15+,16+,17+,19+,20+,21+,22+,23-,24+,25-,26-,27+,28+,29+,30+,31-,32-,35+,36+/m0/s1. The van der Waals surface area contributed by atoms with E-state index in [1.54, 1.807) is 0 Å². The molecule has 0 aromatic carbocycles.